The van der Waals surface area contributed by atoms with Crippen LogP contribution in [0.2, 0.25) is 0 Å². The van der Waals surface area contributed by atoms with Gasteiger partial charge in [0.2, 0.25) is 0 Å². The average molecular weight is 257 g/mol. The Morgan fingerprint density at radius 1 is 1.71 bits per heavy atom. The fraction of sp³-hybridized carbons (Fsp3) is 0.700. The van der Waals surface area contributed by atoms with Gasteiger partial charge in [0.1, 0.15) is 0 Å². The average Bonchev–Trinajstić information content (AvgIpc) is 2.56. The van der Waals surface area contributed by atoms with Gasteiger partial charge in [-0.3, -0.25) is 4.68 Å². The second kappa shape index (κ2) is 2.83. The quantitative estimate of drug-likeness (QED) is 0.876. The third-order valence-corrected chi connectivity index (χ3v) is 4.41. The van der Waals surface area contributed by atoms with Gasteiger partial charge in [0.25, 0.3) is 0 Å². The number of hydrogen-bond acceptors (Lipinski definition) is 2. The van der Waals surface area contributed by atoms with Crippen LogP contribution in [-0.2, 0) is 5.54 Å². The van der Waals surface area contributed by atoms with Crippen molar-refractivity contribution in [2.45, 2.75) is 24.8 Å². The van der Waals surface area contributed by atoms with E-state index in [2.05, 4.69) is 31.9 Å². The minimum Gasteiger partial charge on any atom is -0.396 e. The van der Waals surface area contributed by atoms with Gasteiger partial charge >= 0.3 is 0 Å². The molecule has 14 heavy (non-hydrogen) atoms. The molecule has 3 unspecified atom stereocenters. The highest BCUT2D eigenvalue weighted by Gasteiger charge is 2.61. The molecule has 2 saturated carbocycles. The molecule has 2 fully saturated rings. The molecule has 76 valence electrons. The van der Waals surface area contributed by atoms with Gasteiger partial charge in [-0.05, 0) is 47.0 Å². The molecular formula is C10H13BrN2O. The Morgan fingerprint density at radius 3 is 3.00 bits per heavy atom. The number of nitrogens with zero attached hydrogens (tertiary/aromatic N) is 2. The second-order valence-corrected chi connectivity index (χ2v) is 5.41. The minimum absolute atomic E-state index is 0.263. The zero-order valence-corrected chi connectivity index (χ0v) is 9.44. The van der Waals surface area contributed by atoms with Crippen LogP contribution < -0.4 is 0 Å². The van der Waals surface area contributed by atoms with Crippen LogP contribution in [-0.4, -0.2) is 21.5 Å². The van der Waals surface area contributed by atoms with Crippen molar-refractivity contribution in [1.82, 2.24) is 9.78 Å². The molecule has 1 N–H and O–H groups in total. The SMILES string of the molecule is OCC1CC2(n3cc(Br)cn3)CCC12. The molecule has 4 heteroatoms. The van der Waals surface area contributed by atoms with E-state index in [1.165, 1.54) is 12.8 Å². The second-order valence-electron chi connectivity index (χ2n) is 4.50. The molecule has 0 aliphatic heterocycles. The standard InChI is InChI=1S/C10H13BrN2O/c11-8-4-12-13(5-8)10-2-1-9(10)7(3-10)6-14/h4-5,7,9,14H,1-3,6H2. The van der Waals surface area contributed by atoms with Crippen molar-refractivity contribution in [3.8, 4) is 0 Å². The Kier molecular flexibility index (Phi) is 1.80. The van der Waals surface area contributed by atoms with Gasteiger partial charge in [0, 0.05) is 12.8 Å². The Hall–Kier alpha value is -0.350. The molecule has 1 aromatic heterocycles. The first-order valence-corrected chi connectivity index (χ1v) is 5.87. The smallest absolute Gasteiger partial charge is 0.0663 e. The number of aromatic nitrogens is 2. The van der Waals surface area contributed by atoms with Crippen LogP contribution in [0.4, 0.5) is 0 Å². The van der Waals surface area contributed by atoms with E-state index in [4.69, 9.17) is 5.11 Å². The summed E-state index contributed by atoms with van der Waals surface area (Å²) in [6, 6.07) is 0. The van der Waals surface area contributed by atoms with Crippen molar-refractivity contribution >= 4 is 15.9 Å². The van der Waals surface area contributed by atoms with E-state index >= 15 is 0 Å². The Labute approximate surface area is 91.2 Å². The van der Waals surface area contributed by atoms with Crippen molar-refractivity contribution in [3.63, 3.8) is 0 Å². The highest BCUT2D eigenvalue weighted by Crippen LogP contribution is 2.61. The Bertz CT molecular complexity index is 365. The zero-order chi connectivity index (χ0) is 9.76. The molecule has 0 radical (unpaired) electrons. The van der Waals surface area contributed by atoms with E-state index in [-0.39, 0.29) is 5.54 Å². The van der Waals surface area contributed by atoms with E-state index in [1.807, 2.05) is 6.20 Å². The molecule has 3 atom stereocenters. The summed E-state index contributed by atoms with van der Waals surface area (Å²) in [6.45, 7) is 0.342. The topological polar surface area (TPSA) is 38.0 Å². The van der Waals surface area contributed by atoms with Crippen LogP contribution in [0.3, 0.4) is 0 Å². The van der Waals surface area contributed by atoms with Crippen molar-refractivity contribution < 1.29 is 5.11 Å². The van der Waals surface area contributed by atoms with Crippen LogP contribution in [0.1, 0.15) is 19.3 Å². The maximum absolute atomic E-state index is 9.14. The van der Waals surface area contributed by atoms with Crippen LogP contribution in [0.15, 0.2) is 16.9 Å². The third-order valence-electron chi connectivity index (χ3n) is 4.01. The molecule has 2 aliphatic rings. The highest BCUT2D eigenvalue weighted by atomic mass is 79.9. The maximum Gasteiger partial charge on any atom is 0.0663 e. The summed E-state index contributed by atoms with van der Waals surface area (Å²) < 4.78 is 3.14. The number of rotatable bonds is 2. The summed E-state index contributed by atoms with van der Waals surface area (Å²) in [7, 11) is 0. The lowest BCUT2D eigenvalue weighted by molar-refractivity contribution is -0.141. The van der Waals surface area contributed by atoms with Crippen LogP contribution >= 0.6 is 15.9 Å². The molecule has 1 aromatic rings. The summed E-state index contributed by atoms with van der Waals surface area (Å²) in [6.07, 6.45) is 7.48. The van der Waals surface area contributed by atoms with Crippen molar-refractivity contribution in [1.29, 1.82) is 0 Å². The third kappa shape index (κ3) is 0.932. The first-order valence-electron chi connectivity index (χ1n) is 5.08. The number of aliphatic hydroxyl groups is 1. The summed E-state index contributed by atoms with van der Waals surface area (Å²) in [4.78, 5) is 0. The van der Waals surface area contributed by atoms with E-state index in [9.17, 15) is 0 Å². The fourth-order valence-corrected chi connectivity index (χ4v) is 3.41. The summed E-state index contributed by atoms with van der Waals surface area (Å²) in [5, 5.41) is 13.5. The molecule has 0 amide bonds. The molecule has 3 rings (SSSR count). The number of hydrogen-bond donors (Lipinski definition) is 1. The normalized spacial score (nSPS) is 39.9. The van der Waals surface area contributed by atoms with Crippen LogP contribution in [0, 0.1) is 11.8 Å². The van der Waals surface area contributed by atoms with E-state index in [0.29, 0.717) is 18.4 Å². The summed E-state index contributed by atoms with van der Waals surface area (Å²) in [5.41, 5.74) is 0.263. The predicted molar refractivity (Wildman–Crippen MR) is 55.8 cm³/mol. The zero-order valence-electron chi connectivity index (χ0n) is 7.86. The monoisotopic (exact) mass is 256 g/mol. The first-order chi connectivity index (χ1) is 6.76. The number of halogens is 1. The number of aliphatic hydroxyl groups excluding tert-OH is 1. The van der Waals surface area contributed by atoms with Gasteiger partial charge in [-0.1, -0.05) is 0 Å². The van der Waals surface area contributed by atoms with Crippen LogP contribution in [0.25, 0.3) is 0 Å². The van der Waals surface area contributed by atoms with E-state index in [1.54, 1.807) is 0 Å². The molecule has 0 bridgehead atoms. The lowest BCUT2D eigenvalue weighted by Crippen LogP contribution is -2.63. The molecule has 1 heterocycles. The maximum atomic E-state index is 9.14. The van der Waals surface area contributed by atoms with Gasteiger partial charge < -0.3 is 5.11 Å². The van der Waals surface area contributed by atoms with E-state index < -0.39 is 0 Å². The van der Waals surface area contributed by atoms with Crippen molar-refractivity contribution in [2.24, 2.45) is 11.8 Å². The van der Waals surface area contributed by atoms with Gasteiger partial charge in [-0.25, -0.2) is 0 Å². The lowest BCUT2D eigenvalue weighted by Gasteiger charge is -2.62. The van der Waals surface area contributed by atoms with E-state index in [0.717, 1.165) is 10.9 Å². The molecular weight excluding hydrogens is 244 g/mol. The van der Waals surface area contributed by atoms with Crippen molar-refractivity contribution in [3.05, 3.63) is 16.9 Å². The summed E-state index contributed by atoms with van der Waals surface area (Å²) in [5.74, 6) is 1.19. The van der Waals surface area contributed by atoms with Gasteiger partial charge in [0.05, 0.1) is 16.2 Å². The molecule has 2 aliphatic carbocycles. The minimum atomic E-state index is 0.263. The fourth-order valence-electron chi connectivity index (χ4n) is 3.12. The Morgan fingerprint density at radius 2 is 2.57 bits per heavy atom. The van der Waals surface area contributed by atoms with Crippen LogP contribution in [0.5, 0.6) is 0 Å². The first kappa shape index (κ1) is 8.92. The molecule has 0 saturated heterocycles. The molecule has 0 spiro atoms. The summed E-state index contributed by atoms with van der Waals surface area (Å²) >= 11 is 3.42. The number of fused-ring (bicyclic) bond motifs is 1. The Balaban J connectivity index is 1.87. The largest absolute Gasteiger partial charge is 0.396 e. The predicted octanol–water partition coefficient (Wildman–Crippen LogP) is 1.76. The van der Waals surface area contributed by atoms with Gasteiger partial charge in [0.15, 0.2) is 0 Å². The van der Waals surface area contributed by atoms with Gasteiger partial charge in [-0.2, -0.15) is 5.10 Å². The molecule has 3 nitrogen and oxygen atoms in total. The van der Waals surface area contributed by atoms with Gasteiger partial charge in [-0.15, -0.1) is 0 Å². The molecule has 0 aromatic carbocycles. The highest BCUT2D eigenvalue weighted by molar-refractivity contribution is 9.10. The van der Waals surface area contributed by atoms with Crippen molar-refractivity contribution in [2.75, 3.05) is 6.61 Å². The lowest BCUT2D eigenvalue weighted by atomic mass is 9.48.